The second-order valence-corrected chi connectivity index (χ2v) is 6.54. The normalized spacial score (nSPS) is 13.2. The van der Waals surface area contributed by atoms with Gasteiger partial charge >= 0.3 is 0 Å². The lowest BCUT2D eigenvalue weighted by Crippen LogP contribution is -2.44. The smallest absolute Gasteiger partial charge is 0.189 e. The number of hydrogen-bond donors (Lipinski definition) is 4. The Labute approximate surface area is 162 Å². The molecule has 2 heterocycles. The lowest BCUT2D eigenvalue weighted by atomic mass is 10.2. The Kier molecular flexibility index (Phi) is 10.1. The van der Waals surface area contributed by atoms with Gasteiger partial charge in [-0.05, 0) is 30.2 Å². The van der Waals surface area contributed by atoms with Crippen LogP contribution >= 0.6 is 0 Å². The first-order valence-corrected chi connectivity index (χ1v) is 9.54. The van der Waals surface area contributed by atoms with Crippen LogP contribution in [0.4, 0.5) is 17.3 Å². The van der Waals surface area contributed by atoms with Crippen molar-refractivity contribution in [2.24, 2.45) is 11.8 Å². The van der Waals surface area contributed by atoms with E-state index in [-0.39, 0.29) is 0 Å². The van der Waals surface area contributed by atoms with Crippen molar-refractivity contribution in [2.75, 3.05) is 42.2 Å². The van der Waals surface area contributed by atoms with Crippen molar-refractivity contribution in [1.29, 1.82) is 0 Å². The fourth-order valence-corrected chi connectivity index (χ4v) is 2.27. The molecule has 0 saturated carbocycles. The molecule has 1 aliphatic heterocycles. The van der Waals surface area contributed by atoms with E-state index in [2.05, 4.69) is 51.6 Å². The molecule has 0 spiro atoms. The van der Waals surface area contributed by atoms with Gasteiger partial charge in [0, 0.05) is 37.4 Å². The number of hydrogen-bond acceptors (Lipinski definition) is 8. The summed E-state index contributed by atoms with van der Waals surface area (Å²) in [5, 5.41) is 11.4. The number of nitrogens with two attached hydrogens (primary N) is 2. The maximum Gasteiger partial charge on any atom is 0.189 e. The van der Waals surface area contributed by atoms with E-state index in [0.717, 1.165) is 43.3 Å². The van der Waals surface area contributed by atoms with Crippen LogP contribution in [-0.2, 0) is 0 Å². The first kappa shape index (κ1) is 22.6. The number of nitrogens with one attached hydrogen (secondary N) is 2. The van der Waals surface area contributed by atoms with Gasteiger partial charge in [-0.15, -0.1) is 10.2 Å². The van der Waals surface area contributed by atoms with E-state index in [1.807, 2.05) is 38.1 Å². The van der Waals surface area contributed by atoms with Crippen molar-refractivity contribution >= 4 is 17.3 Å². The predicted molar refractivity (Wildman–Crippen MR) is 114 cm³/mol. The summed E-state index contributed by atoms with van der Waals surface area (Å²) in [7, 11) is 0. The molecule has 0 aliphatic carbocycles. The summed E-state index contributed by atoms with van der Waals surface area (Å²) in [6, 6.07) is 7.51. The third-order valence-corrected chi connectivity index (χ3v) is 3.42. The molecule has 0 bridgehead atoms. The number of nitrogen functional groups attached to an aromatic ring is 2. The van der Waals surface area contributed by atoms with Crippen molar-refractivity contribution in [1.82, 2.24) is 20.5 Å². The average molecular weight is 375 g/mol. The lowest BCUT2D eigenvalue weighted by Gasteiger charge is -2.28. The van der Waals surface area contributed by atoms with Gasteiger partial charge in [-0.25, -0.2) is 4.98 Å². The Morgan fingerprint density at radius 1 is 1.04 bits per heavy atom. The Morgan fingerprint density at radius 2 is 1.59 bits per heavy atom. The van der Waals surface area contributed by atoms with Gasteiger partial charge in [0.25, 0.3) is 0 Å². The molecule has 8 heteroatoms. The number of nitrogens with zero attached hydrogens (tertiary/aromatic N) is 4. The van der Waals surface area contributed by atoms with Crippen molar-refractivity contribution in [3.05, 3.63) is 24.3 Å². The highest BCUT2D eigenvalue weighted by Gasteiger charge is 2.17. The van der Waals surface area contributed by atoms with Crippen LogP contribution in [0.25, 0.3) is 11.4 Å². The summed E-state index contributed by atoms with van der Waals surface area (Å²) < 4.78 is 0. The van der Waals surface area contributed by atoms with Gasteiger partial charge in [0.15, 0.2) is 17.5 Å². The molecule has 2 aromatic rings. The molecule has 150 valence electrons. The zero-order chi connectivity index (χ0) is 20.2. The number of hydrazine groups is 1. The number of benzene rings is 1. The molecule has 1 saturated heterocycles. The van der Waals surface area contributed by atoms with Crippen molar-refractivity contribution in [3.8, 4) is 11.4 Å². The minimum absolute atomic E-state index is 0.362. The average Bonchev–Trinajstić information content (AvgIpc) is 2.70. The van der Waals surface area contributed by atoms with Gasteiger partial charge in [-0.1, -0.05) is 34.6 Å². The highest BCUT2D eigenvalue weighted by Crippen LogP contribution is 2.23. The maximum absolute atomic E-state index is 5.92. The van der Waals surface area contributed by atoms with Crippen LogP contribution in [0, 0.1) is 5.92 Å². The molecule has 0 radical (unpaired) electrons. The SMILES string of the molecule is CC.CC(C)C.NNc1ccc(-c2nnc(N)c(N3CCNCC3)n2)cc1. The van der Waals surface area contributed by atoms with Crippen LogP contribution in [0.3, 0.4) is 0 Å². The molecule has 1 aromatic heterocycles. The summed E-state index contributed by atoms with van der Waals surface area (Å²) in [5.74, 6) is 7.81. The highest BCUT2D eigenvalue weighted by molar-refractivity contribution is 5.64. The summed E-state index contributed by atoms with van der Waals surface area (Å²) >= 11 is 0. The lowest BCUT2D eigenvalue weighted by molar-refractivity contribution is 0.584. The third kappa shape index (κ3) is 7.36. The molecule has 0 unspecified atom stereocenters. The van der Waals surface area contributed by atoms with Crippen LogP contribution in [-0.4, -0.2) is 41.4 Å². The highest BCUT2D eigenvalue weighted by atomic mass is 15.3. The van der Waals surface area contributed by atoms with Gasteiger partial charge in [0.1, 0.15) is 0 Å². The van der Waals surface area contributed by atoms with E-state index in [0.29, 0.717) is 17.5 Å². The zero-order valence-corrected chi connectivity index (χ0v) is 17.2. The van der Waals surface area contributed by atoms with E-state index >= 15 is 0 Å². The Balaban J connectivity index is 0.000000541. The Bertz CT molecular complexity index is 649. The van der Waals surface area contributed by atoms with Gasteiger partial charge in [-0.3, -0.25) is 5.84 Å². The Hall–Kier alpha value is -2.45. The number of rotatable bonds is 3. The molecule has 6 N–H and O–H groups in total. The summed E-state index contributed by atoms with van der Waals surface area (Å²) in [6.45, 7) is 14.0. The standard InChI is InChI=1S/C13H18N8.C4H10.C2H6/c14-11-13(21-7-5-16-6-8-21)17-12(20-19-11)9-1-3-10(18-15)4-2-9;1-4(2)3;1-2/h1-4,16,18H,5-8,15H2,(H2,14,19);4H,1-3H3;1-2H3. The van der Waals surface area contributed by atoms with Gasteiger partial charge < -0.3 is 21.4 Å². The molecular weight excluding hydrogens is 340 g/mol. The molecule has 1 fully saturated rings. The van der Waals surface area contributed by atoms with Crippen molar-refractivity contribution in [3.63, 3.8) is 0 Å². The molecule has 0 atom stereocenters. The largest absolute Gasteiger partial charge is 0.379 e. The second kappa shape index (κ2) is 12.0. The minimum atomic E-state index is 0.362. The molecule has 1 aliphatic rings. The van der Waals surface area contributed by atoms with E-state index < -0.39 is 0 Å². The summed E-state index contributed by atoms with van der Waals surface area (Å²) in [6.07, 6.45) is 0. The Morgan fingerprint density at radius 3 is 2.11 bits per heavy atom. The maximum atomic E-state index is 5.92. The fourth-order valence-electron chi connectivity index (χ4n) is 2.27. The monoisotopic (exact) mass is 374 g/mol. The molecule has 1 aromatic carbocycles. The quantitative estimate of drug-likeness (QED) is 0.478. The van der Waals surface area contributed by atoms with E-state index in [1.54, 1.807) is 0 Å². The topological polar surface area (TPSA) is 118 Å². The number of anilines is 3. The van der Waals surface area contributed by atoms with Gasteiger partial charge in [0.05, 0.1) is 0 Å². The zero-order valence-electron chi connectivity index (χ0n) is 17.2. The molecule has 8 nitrogen and oxygen atoms in total. The minimum Gasteiger partial charge on any atom is -0.379 e. The third-order valence-electron chi connectivity index (χ3n) is 3.42. The van der Waals surface area contributed by atoms with Crippen LogP contribution in [0.2, 0.25) is 0 Å². The van der Waals surface area contributed by atoms with E-state index in [4.69, 9.17) is 11.6 Å². The van der Waals surface area contributed by atoms with Gasteiger partial charge in [0.2, 0.25) is 0 Å². The molecule has 0 amide bonds. The van der Waals surface area contributed by atoms with Crippen molar-refractivity contribution < 1.29 is 0 Å². The summed E-state index contributed by atoms with van der Waals surface area (Å²) in [4.78, 5) is 6.69. The first-order valence-electron chi connectivity index (χ1n) is 9.54. The summed E-state index contributed by atoms with van der Waals surface area (Å²) in [5.41, 5.74) is 10.2. The molecule has 27 heavy (non-hydrogen) atoms. The van der Waals surface area contributed by atoms with Crippen LogP contribution in [0.5, 0.6) is 0 Å². The fraction of sp³-hybridized carbons (Fsp3) is 0.526. The van der Waals surface area contributed by atoms with Crippen LogP contribution in [0.15, 0.2) is 24.3 Å². The van der Waals surface area contributed by atoms with Crippen LogP contribution in [0.1, 0.15) is 34.6 Å². The first-order chi connectivity index (χ1) is 13.0. The van der Waals surface area contributed by atoms with E-state index in [9.17, 15) is 0 Å². The molecule has 3 rings (SSSR count). The van der Waals surface area contributed by atoms with Crippen molar-refractivity contribution in [2.45, 2.75) is 34.6 Å². The number of aromatic nitrogens is 3. The van der Waals surface area contributed by atoms with Crippen LogP contribution < -0.4 is 27.2 Å². The second-order valence-electron chi connectivity index (χ2n) is 6.54. The van der Waals surface area contributed by atoms with Gasteiger partial charge in [-0.2, -0.15) is 0 Å². The molecular formula is C19H34N8. The number of piperazine rings is 1. The van der Waals surface area contributed by atoms with E-state index in [1.165, 1.54) is 0 Å². The predicted octanol–water partition coefficient (Wildman–Crippen LogP) is 2.50.